The monoisotopic (exact) mass is 470 g/mol. The molecule has 0 unspecified atom stereocenters. The lowest BCUT2D eigenvalue weighted by Crippen LogP contribution is -2.40. The molecule has 0 bridgehead atoms. The summed E-state index contributed by atoms with van der Waals surface area (Å²) in [6, 6.07) is 9.78. The molecular formula is C20H20ClFN2O6S. The zero-order valence-corrected chi connectivity index (χ0v) is 17.9. The number of ether oxygens (including phenoxy) is 2. The predicted octanol–water partition coefficient (Wildman–Crippen LogP) is 2.22. The number of carbonyl (C=O) groups excluding carboxylic acids is 2. The largest absolute Gasteiger partial charge is 0.455 e. The van der Waals surface area contributed by atoms with Gasteiger partial charge in [-0.15, -0.1) is 0 Å². The second-order valence-electron chi connectivity index (χ2n) is 6.63. The first kappa shape index (κ1) is 23.1. The van der Waals surface area contributed by atoms with Crippen LogP contribution in [0, 0.1) is 5.82 Å². The Bertz CT molecular complexity index is 1050. The molecule has 0 saturated carbocycles. The van der Waals surface area contributed by atoms with Crippen LogP contribution in [0.15, 0.2) is 47.4 Å². The number of morpholine rings is 1. The van der Waals surface area contributed by atoms with E-state index in [4.69, 9.17) is 21.1 Å². The molecule has 1 N–H and O–H groups in total. The van der Waals surface area contributed by atoms with Crippen LogP contribution in [0.4, 0.5) is 10.1 Å². The van der Waals surface area contributed by atoms with E-state index in [0.717, 1.165) is 0 Å². The number of hydrogen-bond acceptors (Lipinski definition) is 6. The van der Waals surface area contributed by atoms with Gasteiger partial charge >= 0.3 is 5.97 Å². The van der Waals surface area contributed by atoms with Crippen LogP contribution in [0.3, 0.4) is 0 Å². The Hall–Kier alpha value is -2.53. The zero-order chi connectivity index (χ0) is 22.4. The molecule has 31 heavy (non-hydrogen) atoms. The topological polar surface area (TPSA) is 102 Å². The number of nitrogens with zero attached hydrogens (tertiary/aromatic N) is 1. The van der Waals surface area contributed by atoms with Crippen molar-refractivity contribution in [3.63, 3.8) is 0 Å². The van der Waals surface area contributed by atoms with Crippen LogP contribution in [-0.4, -0.2) is 57.5 Å². The molecule has 1 heterocycles. The van der Waals surface area contributed by atoms with Gasteiger partial charge in [-0.3, -0.25) is 9.59 Å². The van der Waals surface area contributed by atoms with Crippen LogP contribution in [-0.2, 0) is 35.5 Å². The number of sulfonamides is 1. The molecule has 1 aliphatic rings. The van der Waals surface area contributed by atoms with E-state index in [1.807, 2.05) is 0 Å². The third-order valence-corrected chi connectivity index (χ3v) is 6.72. The fourth-order valence-electron chi connectivity index (χ4n) is 2.91. The van der Waals surface area contributed by atoms with E-state index in [2.05, 4.69) is 5.32 Å². The van der Waals surface area contributed by atoms with Crippen molar-refractivity contribution in [2.24, 2.45) is 0 Å². The summed E-state index contributed by atoms with van der Waals surface area (Å²) in [4.78, 5) is 24.0. The summed E-state index contributed by atoms with van der Waals surface area (Å²) in [5.41, 5.74) is 0.211. The maximum atomic E-state index is 13.7. The van der Waals surface area contributed by atoms with E-state index < -0.39 is 40.7 Å². The Balaban J connectivity index is 1.57. The number of nitrogens with one attached hydrogen (secondary N) is 1. The maximum absolute atomic E-state index is 13.7. The fraction of sp³-hybridized carbons (Fsp3) is 0.300. The van der Waals surface area contributed by atoms with E-state index >= 15 is 0 Å². The quantitative estimate of drug-likeness (QED) is 0.622. The summed E-state index contributed by atoms with van der Waals surface area (Å²) in [6.07, 6.45) is -0.425. The van der Waals surface area contributed by atoms with Gasteiger partial charge in [0, 0.05) is 29.4 Å². The van der Waals surface area contributed by atoms with Gasteiger partial charge in [-0.25, -0.2) is 12.8 Å². The van der Waals surface area contributed by atoms with E-state index in [0.29, 0.717) is 13.2 Å². The SMILES string of the molecule is O=C(COC(=O)Cc1c(F)cccc1Cl)Nc1cccc(S(=O)(=O)N2CCOCC2)c1. The molecule has 0 aromatic heterocycles. The molecule has 0 radical (unpaired) electrons. The Morgan fingerprint density at radius 2 is 1.87 bits per heavy atom. The summed E-state index contributed by atoms with van der Waals surface area (Å²) < 4.78 is 50.5. The second kappa shape index (κ2) is 10.2. The summed E-state index contributed by atoms with van der Waals surface area (Å²) in [5, 5.41) is 2.56. The smallest absolute Gasteiger partial charge is 0.310 e. The van der Waals surface area contributed by atoms with Gasteiger partial charge in [-0.2, -0.15) is 4.31 Å². The first-order chi connectivity index (χ1) is 14.8. The van der Waals surface area contributed by atoms with Crippen molar-refractivity contribution < 1.29 is 31.9 Å². The number of rotatable bonds is 7. The van der Waals surface area contributed by atoms with Crippen LogP contribution in [0.2, 0.25) is 5.02 Å². The number of halogens is 2. The third kappa shape index (κ3) is 6.01. The molecule has 1 aliphatic heterocycles. The van der Waals surface area contributed by atoms with Crippen molar-refractivity contribution in [1.29, 1.82) is 0 Å². The number of esters is 1. The summed E-state index contributed by atoms with van der Waals surface area (Å²) in [7, 11) is -3.72. The van der Waals surface area contributed by atoms with Crippen molar-refractivity contribution in [3.8, 4) is 0 Å². The fourth-order valence-corrected chi connectivity index (χ4v) is 4.59. The van der Waals surface area contributed by atoms with Crippen LogP contribution >= 0.6 is 11.6 Å². The minimum absolute atomic E-state index is 0.0180. The number of anilines is 1. The van der Waals surface area contributed by atoms with Gasteiger partial charge in [0.05, 0.1) is 24.5 Å². The lowest BCUT2D eigenvalue weighted by Gasteiger charge is -2.26. The molecule has 1 amide bonds. The number of benzene rings is 2. The van der Waals surface area contributed by atoms with Gasteiger partial charge in [-0.1, -0.05) is 23.7 Å². The summed E-state index contributed by atoms with van der Waals surface area (Å²) >= 11 is 5.86. The van der Waals surface area contributed by atoms with Crippen molar-refractivity contribution in [2.45, 2.75) is 11.3 Å². The molecule has 166 valence electrons. The predicted molar refractivity (Wildman–Crippen MR) is 111 cm³/mol. The first-order valence-corrected chi connectivity index (χ1v) is 11.2. The zero-order valence-electron chi connectivity index (χ0n) is 16.3. The van der Waals surface area contributed by atoms with Gasteiger partial charge in [-0.05, 0) is 30.3 Å². The Morgan fingerprint density at radius 1 is 1.16 bits per heavy atom. The van der Waals surface area contributed by atoms with Gasteiger partial charge < -0.3 is 14.8 Å². The number of amides is 1. The molecule has 8 nitrogen and oxygen atoms in total. The average Bonchev–Trinajstić information content (AvgIpc) is 2.76. The van der Waals surface area contributed by atoms with Crippen LogP contribution in [0.1, 0.15) is 5.56 Å². The minimum atomic E-state index is -3.72. The van der Waals surface area contributed by atoms with E-state index in [-0.39, 0.29) is 34.3 Å². The lowest BCUT2D eigenvalue weighted by molar-refractivity contribution is -0.146. The van der Waals surface area contributed by atoms with Crippen molar-refractivity contribution in [3.05, 3.63) is 58.9 Å². The van der Waals surface area contributed by atoms with E-state index in [1.54, 1.807) is 0 Å². The Morgan fingerprint density at radius 3 is 2.58 bits per heavy atom. The summed E-state index contributed by atoms with van der Waals surface area (Å²) in [6.45, 7) is 0.519. The highest BCUT2D eigenvalue weighted by atomic mass is 35.5. The highest BCUT2D eigenvalue weighted by molar-refractivity contribution is 7.89. The van der Waals surface area contributed by atoms with E-state index in [1.165, 1.54) is 46.8 Å². The van der Waals surface area contributed by atoms with Gasteiger partial charge in [0.15, 0.2) is 6.61 Å². The standard InChI is InChI=1S/C20H20ClFN2O6S/c21-17-5-2-6-18(22)16(17)12-20(26)30-13-19(25)23-14-3-1-4-15(11-14)31(27,28)24-7-9-29-10-8-24/h1-6,11H,7-10,12-13H2,(H,23,25). The molecule has 2 aromatic rings. The lowest BCUT2D eigenvalue weighted by atomic mass is 10.1. The molecule has 0 spiro atoms. The first-order valence-electron chi connectivity index (χ1n) is 9.33. The molecule has 0 atom stereocenters. The van der Waals surface area contributed by atoms with E-state index in [9.17, 15) is 22.4 Å². The molecule has 0 aliphatic carbocycles. The molecule has 1 fully saturated rings. The van der Waals surface area contributed by atoms with Crippen molar-refractivity contribution in [2.75, 3.05) is 38.2 Å². The maximum Gasteiger partial charge on any atom is 0.310 e. The molecule has 3 rings (SSSR count). The van der Waals surface area contributed by atoms with Gasteiger partial charge in [0.25, 0.3) is 5.91 Å². The Labute approximate surface area is 183 Å². The second-order valence-corrected chi connectivity index (χ2v) is 8.98. The summed E-state index contributed by atoms with van der Waals surface area (Å²) in [5.74, 6) is -2.15. The van der Waals surface area contributed by atoms with Gasteiger partial charge in [0.2, 0.25) is 10.0 Å². The number of carbonyl (C=O) groups is 2. The van der Waals surface area contributed by atoms with Crippen LogP contribution < -0.4 is 5.32 Å². The van der Waals surface area contributed by atoms with Gasteiger partial charge in [0.1, 0.15) is 5.82 Å². The normalized spacial score (nSPS) is 14.8. The highest BCUT2D eigenvalue weighted by Crippen LogP contribution is 2.21. The Kier molecular flexibility index (Phi) is 7.60. The van der Waals surface area contributed by atoms with Crippen LogP contribution in [0.5, 0.6) is 0 Å². The average molecular weight is 471 g/mol. The molecule has 2 aromatic carbocycles. The van der Waals surface area contributed by atoms with Crippen LogP contribution in [0.25, 0.3) is 0 Å². The number of hydrogen-bond donors (Lipinski definition) is 1. The minimum Gasteiger partial charge on any atom is -0.455 e. The highest BCUT2D eigenvalue weighted by Gasteiger charge is 2.26. The van der Waals surface area contributed by atoms with Crippen molar-refractivity contribution >= 4 is 39.2 Å². The molecule has 11 heteroatoms. The van der Waals surface area contributed by atoms with Crippen molar-refractivity contribution in [1.82, 2.24) is 4.31 Å². The third-order valence-electron chi connectivity index (χ3n) is 4.47. The molecule has 1 saturated heterocycles. The molecular weight excluding hydrogens is 451 g/mol.